The Morgan fingerprint density at radius 2 is 2.14 bits per heavy atom. The minimum Gasteiger partial charge on any atom is -0.507 e. The molecule has 0 unspecified atom stereocenters. The molecule has 3 heterocycles. The fraction of sp³-hybridized carbons (Fsp3) is 0.105. The van der Waals surface area contributed by atoms with E-state index in [1.807, 2.05) is 36.2 Å². The lowest BCUT2D eigenvalue weighted by Gasteiger charge is -2.27. The zero-order chi connectivity index (χ0) is 19.5. The molecule has 4 rings (SSSR count). The van der Waals surface area contributed by atoms with Crippen molar-refractivity contribution in [3.05, 3.63) is 60.3 Å². The van der Waals surface area contributed by atoms with Crippen molar-refractivity contribution >= 4 is 35.3 Å². The topological polar surface area (TPSA) is 111 Å². The van der Waals surface area contributed by atoms with Gasteiger partial charge in [-0.15, -0.1) is 16.8 Å². The number of aromatic nitrogens is 4. The minimum atomic E-state index is 0.172. The van der Waals surface area contributed by atoms with Crippen molar-refractivity contribution in [2.45, 2.75) is 6.42 Å². The maximum absolute atomic E-state index is 10.3. The van der Waals surface area contributed by atoms with Gasteiger partial charge >= 0.3 is 0 Å². The van der Waals surface area contributed by atoms with E-state index >= 15 is 0 Å². The van der Waals surface area contributed by atoms with Gasteiger partial charge in [-0.3, -0.25) is 0 Å². The van der Waals surface area contributed by atoms with Gasteiger partial charge in [-0.05, 0) is 30.2 Å². The highest BCUT2D eigenvalue weighted by molar-refractivity contribution is 5.86. The van der Waals surface area contributed by atoms with Crippen LogP contribution in [0, 0.1) is 0 Å². The minimum absolute atomic E-state index is 0.172. The van der Waals surface area contributed by atoms with Crippen LogP contribution in [0.2, 0.25) is 0 Å². The quantitative estimate of drug-likeness (QED) is 0.355. The van der Waals surface area contributed by atoms with Gasteiger partial charge in [0.25, 0.3) is 5.95 Å². The lowest BCUT2D eigenvalue weighted by atomic mass is 10.1. The smallest absolute Gasteiger partial charge is 0.265 e. The molecule has 0 bridgehead atoms. The second-order valence-electron chi connectivity index (χ2n) is 6.08. The molecule has 0 amide bonds. The van der Waals surface area contributed by atoms with E-state index in [4.69, 9.17) is 0 Å². The molecule has 1 aliphatic rings. The molecule has 2 aromatic heterocycles. The number of allylic oxidation sites excluding steroid dienone is 1. The maximum atomic E-state index is 10.3. The van der Waals surface area contributed by atoms with Crippen molar-refractivity contribution in [1.29, 1.82) is 0 Å². The highest BCUT2D eigenvalue weighted by Crippen LogP contribution is 2.38. The van der Waals surface area contributed by atoms with Gasteiger partial charge in [-0.2, -0.15) is 10.1 Å². The summed E-state index contributed by atoms with van der Waals surface area (Å²) in [4.78, 5) is 10.6. The summed E-state index contributed by atoms with van der Waals surface area (Å²) in [7, 11) is 1.88. The normalized spacial score (nSPS) is 12.2. The Bertz CT molecular complexity index is 1070. The van der Waals surface area contributed by atoms with E-state index in [2.05, 4.69) is 42.6 Å². The van der Waals surface area contributed by atoms with Gasteiger partial charge in [-0.1, -0.05) is 18.2 Å². The molecule has 0 saturated carbocycles. The Labute approximate surface area is 161 Å². The average molecular weight is 374 g/mol. The molecular weight excluding hydrogens is 356 g/mol. The first-order chi connectivity index (χ1) is 13.7. The third-order valence-electron chi connectivity index (χ3n) is 4.25. The summed E-state index contributed by atoms with van der Waals surface area (Å²) in [6.07, 6.45) is 5.52. The fourth-order valence-electron chi connectivity index (χ4n) is 2.86. The van der Waals surface area contributed by atoms with Gasteiger partial charge in [-0.25, -0.2) is 10.4 Å². The van der Waals surface area contributed by atoms with Crippen molar-refractivity contribution in [3.8, 4) is 5.75 Å². The summed E-state index contributed by atoms with van der Waals surface area (Å²) in [6, 6.07) is 9.25. The molecule has 3 N–H and O–H groups in total. The molecule has 9 heteroatoms. The van der Waals surface area contributed by atoms with Crippen molar-refractivity contribution in [2.75, 3.05) is 22.7 Å². The monoisotopic (exact) mass is 374 g/mol. The number of benzene rings is 1. The molecular formula is C19H18N8O. The zero-order valence-electron chi connectivity index (χ0n) is 15.2. The van der Waals surface area contributed by atoms with Crippen LogP contribution in [-0.2, 0) is 6.42 Å². The van der Waals surface area contributed by atoms with E-state index in [-0.39, 0.29) is 11.7 Å². The standard InChI is InChI=1S/C19H18N8O/c1-3-6-12-7-4-8-13(15(12)28)11-21-25-19-23-18-17(24-26-19)22-16-14(27(18)2)9-5-10-20-16/h3-5,7-11,28H,1,6H2,2H3,(H,20,22,24)(H,23,25,26). The number of hydrazone groups is 1. The number of nitrogens with one attached hydrogen (secondary N) is 2. The molecule has 1 aromatic carbocycles. The van der Waals surface area contributed by atoms with E-state index in [0.717, 1.165) is 11.3 Å². The first-order valence-electron chi connectivity index (χ1n) is 8.58. The van der Waals surface area contributed by atoms with Gasteiger partial charge in [0, 0.05) is 18.8 Å². The Morgan fingerprint density at radius 3 is 3.00 bits per heavy atom. The second kappa shape index (κ2) is 7.31. The molecule has 3 aromatic rings. The molecule has 0 fully saturated rings. The van der Waals surface area contributed by atoms with Crippen LogP contribution in [0.1, 0.15) is 11.1 Å². The summed E-state index contributed by atoms with van der Waals surface area (Å²) in [5, 5.41) is 25.7. The summed E-state index contributed by atoms with van der Waals surface area (Å²) in [5.41, 5.74) is 5.00. The van der Waals surface area contributed by atoms with Crippen LogP contribution in [0.5, 0.6) is 5.75 Å². The number of para-hydroxylation sites is 1. The zero-order valence-corrected chi connectivity index (χ0v) is 15.2. The first-order valence-corrected chi connectivity index (χ1v) is 8.58. The molecule has 0 aliphatic carbocycles. The number of nitrogens with zero attached hydrogens (tertiary/aromatic N) is 6. The highest BCUT2D eigenvalue weighted by Gasteiger charge is 2.23. The van der Waals surface area contributed by atoms with E-state index in [1.54, 1.807) is 18.3 Å². The van der Waals surface area contributed by atoms with Crippen molar-refractivity contribution < 1.29 is 5.11 Å². The number of pyridine rings is 1. The van der Waals surface area contributed by atoms with Crippen LogP contribution in [-0.4, -0.2) is 38.5 Å². The SMILES string of the molecule is C=CCc1cccc(C=NNc2nnc3c(n2)N(C)c2cccnc2N3)c1O. The average Bonchev–Trinajstić information content (AvgIpc) is 2.71. The number of hydrogen-bond donors (Lipinski definition) is 3. The molecule has 0 radical (unpaired) electrons. The Hall–Kier alpha value is -4.01. The number of aromatic hydroxyl groups is 1. The summed E-state index contributed by atoms with van der Waals surface area (Å²) >= 11 is 0. The van der Waals surface area contributed by atoms with Crippen LogP contribution in [0.4, 0.5) is 29.1 Å². The van der Waals surface area contributed by atoms with Crippen LogP contribution in [0.25, 0.3) is 0 Å². The number of fused-ring (bicyclic) bond motifs is 2. The first kappa shape index (κ1) is 17.4. The molecule has 0 saturated heterocycles. The number of anilines is 5. The van der Waals surface area contributed by atoms with E-state index in [0.29, 0.717) is 29.4 Å². The van der Waals surface area contributed by atoms with E-state index in [9.17, 15) is 5.11 Å². The van der Waals surface area contributed by atoms with Gasteiger partial charge < -0.3 is 15.3 Å². The predicted octanol–water partition coefficient (Wildman–Crippen LogP) is 2.97. The molecule has 28 heavy (non-hydrogen) atoms. The van der Waals surface area contributed by atoms with Crippen LogP contribution in [0.3, 0.4) is 0 Å². The lowest BCUT2D eigenvalue weighted by Crippen LogP contribution is -2.21. The predicted molar refractivity (Wildman–Crippen MR) is 109 cm³/mol. The Kier molecular flexibility index (Phi) is 4.55. The number of phenolic OH excluding ortho intramolecular Hbond substituents is 1. The number of hydrogen-bond acceptors (Lipinski definition) is 9. The Morgan fingerprint density at radius 1 is 1.25 bits per heavy atom. The largest absolute Gasteiger partial charge is 0.507 e. The third-order valence-corrected chi connectivity index (χ3v) is 4.25. The van der Waals surface area contributed by atoms with Crippen LogP contribution >= 0.6 is 0 Å². The van der Waals surface area contributed by atoms with Crippen LogP contribution < -0.4 is 15.6 Å². The third kappa shape index (κ3) is 3.20. The van der Waals surface area contributed by atoms with Crippen molar-refractivity contribution in [3.63, 3.8) is 0 Å². The number of rotatable bonds is 5. The van der Waals surface area contributed by atoms with Crippen molar-refractivity contribution in [2.24, 2.45) is 5.10 Å². The highest BCUT2D eigenvalue weighted by atomic mass is 16.3. The number of phenols is 1. The molecule has 1 aliphatic heterocycles. The van der Waals surface area contributed by atoms with E-state index < -0.39 is 0 Å². The molecule has 0 atom stereocenters. The fourth-order valence-corrected chi connectivity index (χ4v) is 2.86. The van der Waals surface area contributed by atoms with Crippen molar-refractivity contribution in [1.82, 2.24) is 20.2 Å². The summed E-state index contributed by atoms with van der Waals surface area (Å²) in [6.45, 7) is 3.69. The van der Waals surface area contributed by atoms with Gasteiger partial charge in [0.1, 0.15) is 5.75 Å². The molecule has 0 spiro atoms. The van der Waals surface area contributed by atoms with E-state index in [1.165, 1.54) is 6.21 Å². The summed E-state index contributed by atoms with van der Waals surface area (Å²) < 4.78 is 0. The maximum Gasteiger partial charge on any atom is 0.265 e. The summed E-state index contributed by atoms with van der Waals surface area (Å²) in [5.74, 6) is 2.22. The van der Waals surface area contributed by atoms with Gasteiger partial charge in [0.2, 0.25) is 0 Å². The van der Waals surface area contributed by atoms with Crippen LogP contribution in [0.15, 0.2) is 54.3 Å². The van der Waals surface area contributed by atoms with Gasteiger partial charge in [0.05, 0.1) is 11.9 Å². The second-order valence-corrected chi connectivity index (χ2v) is 6.08. The molecule has 140 valence electrons. The van der Waals surface area contributed by atoms with Gasteiger partial charge in [0.15, 0.2) is 17.5 Å². The Balaban J connectivity index is 1.54. The lowest BCUT2D eigenvalue weighted by molar-refractivity contribution is 0.469. The molecule has 9 nitrogen and oxygen atoms in total.